The van der Waals surface area contributed by atoms with Gasteiger partial charge in [-0.2, -0.15) is 4.40 Å². The number of aryl methyl sites for hydroxylation is 1. The lowest BCUT2D eigenvalue weighted by Crippen LogP contribution is -2.33. The van der Waals surface area contributed by atoms with Crippen molar-refractivity contribution in [3.8, 4) is 0 Å². The first-order valence-corrected chi connectivity index (χ1v) is 5.00. The number of fused-ring (bicyclic) bond motifs is 1. The molecule has 4 nitrogen and oxygen atoms in total. The van der Waals surface area contributed by atoms with Crippen LogP contribution in [-0.4, -0.2) is 9.38 Å². The quantitative estimate of drug-likeness (QED) is 0.635. The molecular formula is C11H16N3O+. The van der Waals surface area contributed by atoms with Crippen molar-refractivity contribution in [2.45, 2.75) is 26.2 Å². The van der Waals surface area contributed by atoms with Crippen LogP contribution in [0.15, 0.2) is 23.4 Å². The lowest BCUT2D eigenvalue weighted by atomic mass is 9.93. The smallest absolute Gasteiger partial charge is 0.315 e. The second-order valence-electron chi connectivity index (χ2n) is 4.89. The fourth-order valence-electron chi connectivity index (χ4n) is 1.61. The fraction of sp³-hybridized carbons (Fsp3) is 0.455. The molecule has 4 heteroatoms. The van der Waals surface area contributed by atoms with Crippen LogP contribution in [0.25, 0.3) is 5.65 Å². The Hall–Kier alpha value is -1.58. The normalized spacial score (nSPS) is 12.3. The molecule has 0 aliphatic heterocycles. The topological polar surface area (TPSA) is 41.1 Å². The highest BCUT2D eigenvalue weighted by Crippen LogP contribution is 2.18. The molecule has 2 heterocycles. The molecule has 80 valence electrons. The third-order valence-electron chi connectivity index (χ3n) is 2.56. The van der Waals surface area contributed by atoms with Gasteiger partial charge in [-0.1, -0.05) is 20.8 Å². The molecule has 2 aromatic heterocycles. The molecule has 0 bridgehead atoms. The maximum absolute atomic E-state index is 11.8. The molecule has 0 fully saturated rings. The molecule has 2 rings (SSSR count). The van der Waals surface area contributed by atoms with Crippen LogP contribution in [0, 0.1) is 0 Å². The molecule has 0 aliphatic carbocycles. The molecule has 1 N–H and O–H groups in total. The summed E-state index contributed by atoms with van der Waals surface area (Å²) in [6.45, 7) is 6.23. The monoisotopic (exact) mass is 206 g/mol. The maximum atomic E-state index is 11.8. The van der Waals surface area contributed by atoms with Crippen molar-refractivity contribution in [2.75, 3.05) is 0 Å². The Morgan fingerprint density at radius 3 is 2.67 bits per heavy atom. The Balaban J connectivity index is 2.81. The van der Waals surface area contributed by atoms with Gasteiger partial charge in [0, 0.05) is 5.41 Å². The minimum atomic E-state index is -0.0464. The van der Waals surface area contributed by atoms with Crippen LogP contribution < -0.4 is 10.1 Å². The number of aromatic nitrogens is 3. The predicted molar refractivity (Wildman–Crippen MR) is 57.9 cm³/mol. The van der Waals surface area contributed by atoms with Gasteiger partial charge in [-0.3, -0.25) is 4.79 Å². The molecule has 0 saturated heterocycles. The number of nitrogens with one attached hydrogen (secondary N) is 1. The summed E-state index contributed by atoms with van der Waals surface area (Å²) in [7, 11) is 1.86. The standard InChI is InChI=1S/C11H15N3O/c1-11(2,3)8-7-14-6-5-13(4)10(14)9(15)12-8/h5-7H,1-4H3/p+1. The van der Waals surface area contributed by atoms with Crippen LogP contribution in [0.3, 0.4) is 0 Å². The van der Waals surface area contributed by atoms with E-state index in [2.05, 4.69) is 25.8 Å². The second-order valence-corrected chi connectivity index (χ2v) is 4.89. The summed E-state index contributed by atoms with van der Waals surface area (Å²) in [5.41, 5.74) is 1.50. The first kappa shape index (κ1) is 9.96. The van der Waals surface area contributed by atoms with Crippen LogP contribution in [0.4, 0.5) is 0 Å². The zero-order chi connectivity index (χ0) is 11.2. The zero-order valence-corrected chi connectivity index (χ0v) is 9.53. The van der Waals surface area contributed by atoms with E-state index in [1.165, 1.54) is 0 Å². The molecule has 0 unspecified atom stereocenters. The number of hydrogen-bond acceptors (Lipinski definition) is 1. The van der Waals surface area contributed by atoms with Gasteiger partial charge in [0.1, 0.15) is 18.6 Å². The lowest BCUT2D eigenvalue weighted by molar-refractivity contribution is -0.645. The van der Waals surface area contributed by atoms with Crippen molar-refractivity contribution in [1.29, 1.82) is 0 Å². The summed E-state index contributed by atoms with van der Waals surface area (Å²) < 4.78 is 3.67. The van der Waals surface area contributed by atoms with E-state index in [9.17, 15) is 4.79 Å². The SMILES string of the molecule is C[n+]1ccn2cc(C(C)(C)C)[nH]c(=O)c21. The number of hydrogen-bond donors (Lipinski definition) is 1. The Morgan fingerprint density at radius 1 is 1.40 bits per heavy atom. The van der Waals surface area contributed by atoms with Crippen LogP contribution in [0.5, 0.6) is 0 Å². The average Bonchev–Trinajstić information content (AvgIpc) is 2.46. The van der Waals surface area contributed by atoms with E-state index in [1.807, 2.05) is 34.6 Å². The third-order valence-corrected chi connectivity index (χ3v) is 2.56. The summed E-state index contributed by atoms with van der Waals surface area (Å²) in [4.78, 5) is 14.8. The molecule has 0 amide bonds. The number of rotatable bonds is 0. The van der Waals surface area contributed by atoms with Gasteiger partial charge in [0.25, 0.3) is 0 Å². The zero-order valence-electron chi connectivity index (χ0n) is 9.53. The fourth-order valence-corrected chi connectivity index (χ4v) is 1.61. The minimum absolute atomic E-state index is 0.0454. The summed E-state index contributed by atoms with van der Waals surface area (Å²) >= 11 is 0. The maximum Gasteiger partial charge on any atom is 0.352 e. The average molecular weight is 206 g/mol. The van der Waals surface area contributed by atoms with Gasteiger partial charge in [0.2, 0.25) is 0 Å². The van der Waals surface area contributed by atoms with Gasteiger partial charge in [-0.25, -0.2) is 4.57 Å². The Labute approximate surface area is 88.2 Å². The molecular weight excluding hydrogens is 190 g/mol. The second kappa shape index (κ2) is 2.95. The summed E-state index contributed by atoms with van der Waals surface area (Å²) in [5.74, 6) is 0. The van der Waals surface area contributed by atoms with Gasteiger partial charge in [-0.05, 0) is 0 Å². The van der Waals surface area contributed by atoms with E-state index in [0.29, 0.717) is 5.65 Å². The third kappa shape index (κ3) is 1.56. The number of nitrogens with zero attached hydrogens (tertiary/aromatic N) is 2. The predicted octanol–water partition coefficient (Wildman–Crippen LogP) is 0.750. The Kier molecular flexibility index (Phi) is 1.96. The van der Waals surface area contributed by atoms with Gasteiger partial charge < -0.3 is 4.98 Å². The van der Waals surface area contributed by atoms with E-state index >= 15 is 0 Å². The van der Waals surface area contributed by atoms with Gasteiger partial charge >= 0.3 is 11.2 Å². The van der Waals surface area contributed by atoms with E-state index in [0.717, 1.165) is 5.69 Å². The van der Waals surface area contributed by atoms with Gasteiger partial charge in [-0.15, -0.1) is 0 Å². The number of H-pyrrole nitrogens is 1. The minimum Gasteiger partial charge on any atom is -0.315 e. The highest BCUT2D eigenvalue weighted by Gasteiger charge is 2.20. The van der Waals surface area contributed by atoms with Crippen molar-refractivity contribution in [3.63, 3.8) is 0 Å². The molecule has 0 saturated carbocycles. The van der Waals surface area contributed by atoms with E-state index in [-0.39, 0.29) is 11.0 Å². The largest absolute Gasteiger partial charge is 0.352 e. The highest BCUT2D eigenvalue weighted by atomic mass is 16.1. The molecule has 15 heavy (non-hydrogen) atoms. The van der Waals surface area contributed by atoms with Crippen LogP contribution in [0.2, 0.25) is 0 Å². The van der Waals surface area contributed by atoms with Crippen LogP contribution >= 0.6 is 0 Å². The summed E-state index contributed by atoms with van der Waals surface area (Å²) in [6, 6.07) is 0. The molecule has 0 aliphatic rings. The first-order chi connectivity index (χ1) is 6.89. The lowest BCUT2D eigenvalue weighted by Gasteiger charge is -2.16. The first-order valence-electron chi connectivity index (χ1n) is 5.00. The van der Waals surface area contributed by atoms with Gasteiger partial charge in [0.15, 0.2) is 0 Å². The van der Waals surface area contributed by atoms with Crippen molar-refractivity contribution in [3.05, 3.63) is 34.6 Å². The van der Waals surface area contributed by atoms with Gasteiger partial charge in [0.05, 0.1) is 12.7 Å². The molecule has 0 atom stereocenters. The summed E-state index contributed by atoms with van der Waals surface area (Å²) in [6.07, 6.45) is 5.73. The highest BCUT2D eigenvalue weighted by molar-refractivity contribution is 5.30. The van der Waals surface area contributed by atoms with Crippen molar-refractivity contribution in [2.24, 2.45) is 7.05 Å². The van der Waals surface area contributed by atoms with Crippen molar-refractivity contribution in [1.82, 2.24) is 9.38 Å². The van der Waals surface area contributed by atoms with E-state index < -0.39 is 0 Å². The Bertz CT molecular complexity index is 557. The number of imidazole rings is 1. The molecule has 0 radical (unpaired) electrons. The number of aromatic amines is 1. The molecule has 0 aromatic carbocycles. The molecule has 0 spiro atoms. The van der Waals surface area contributed by atoms with E-state index in [4.69, 9.17) is 0 Å². The van der Waals surface area contributed by atoms with Crippen LogP contribution in [-0.2, 0) is 12.5 Å². The molecule has 2 aromatic rings. The van der Waals surface area contributed by atoms with Crippen molar-refractivity contribution >= 4 is 5.65 Å². The van der Waals surface area contributed by atoms with Crippen LogP contribution in [0.1, 0.15) is 26.5 Å². The Morgan fingerprint density at radius 2 is 2.07 bits per heavy atom. The van der Waals surface area contributed by atoms with E-state index in [1.54, 1.807) is 0 Å². The summed E-state index contributed by atoms with van der Waals surface area (Å²) in [5, 5.41) is 0. The van der Waals surface area contributed by atoms with Crippen molar-refractivity contribution < 1.29 is 4.57 Å².